The Balaban J connectivity index is 1.64. The molecule has 0 unspecified atom stereocenters. The van der Waals surface area contributed by atoms with Crippen LogP contribution in [0.3, 0.4) is 0 Å². The summed E-state index contributed by atoms with van der Waals surface area (Å²) in [6.45, 7) is 15.6. The first-order valence-electron chi connectivity index (χ1n) is 9.95. The number of rotatable bonds is 2. The van der Waals surface area contributed by atoms with E-state index in [0.29, 0.717) is 11.3 Å². The van der Waals surface area contributed by atoms with Crippen molar-refractivity contribution in [1.29, 1.82) is 0 Å². The van der Waals surface area contributed by atoms with Gasteiger partial charge in [-0.1, -0.05) is 45.0 Å². The van der Waals surface area contributed by atoms with Gasteiger partial charge in [-0.25, -0.2) is 0 Å². The average Bonchev–Trinajstić information content (AvgIpc) is 2.75. The summed E-state index contributed by atoms with van der Waals surface area (Å²) < 4.78 is 12.3. The third-order valence-corrected chi connectivity index (χ3v) is 6.89. The van der Waals surface area contributed by atoms with E-state index in [1.807, 2.05) is 0 Å². The predicted molar refractivity (Wildman–Crippen MR) is 106 cm³/mol. The molecule has 1 aromatic rings. The van der Waals surface area contributed by atoms with Gasteiger partial charge in [0.1, 0.15) is 0 Å². The van der Waals surface area contributed by atoms with Crippen LogP contribution in [0.1, 0.15) is 85.6 Å². The van der Waals surface area contributed by atoms with Crippen LogP contribution in [0.5, 0.6) is 0 Å². The summed E-state index contributed by atoms with van der Waals surface area (Å²) in [5.41, 5.74) is 2.51. The Morgan fingerprint density at radius 3 is 1.76 bits per heavy atom. The summed E-state index contributed by atoms with van der Waals surface area (Å²) in [6.07, 6.45) is 5.34. The molecule has 0 amide bonds. The highest BCUT2D eigenvalue weighted by Crippen LogP contribution is 2.43. The molecule has 138 valence electrons. The normalized spacial score (nSPS) is 29.0. The number of hydrogen-bond acceptors (Lipinski definition) is 2. The minimum Gasteiger partial charge on any atom is -0.399 e. The van der Waals surface area contributed by atoms with Gasteiger partial charge < -0.3 is 9.31 Å². The molecule has 25 heavy (non-hydrogen) atoms. The summed E-state index contributed by atoms with van der Waals surface area (Å²) in [5, 5.41) is 0. The second kappa shape index (κ2) is 6.42. The molecule has 1 aromatic carbocycles. The fraction of sp³-hybridized carbons (Fsp3) is 0.727. The Hall–Kier alpha value is -0.795. The van der Waals surface area contributed by atoms with Crippen LogP contribution in [0.2, 0.25) is 0 Å². The van der Waals surface area contributed by atoms with Gasteiger partial charge in [-0.05, 0) is 81.7 Å². The van der Waals surface area contributed by atoms with Crippen molar-refractivity contribution in [3.63, 3.8) is 0 Å². The maximum atomic E-state index is 6.16. The van der Waals surface area contributed by atoms with E-state index in [4.69, 9.17) is 9.31 Å². The minimum atomic E-state index is -0.276. The molecule has 0 radical (unpaired) electrons. The van der Waals surface area contributed by atoms with Crippen molar-refractivity contribution < 1.29 is 9.31 Å². The summed E-state index contributed by atoms with van der Waals surface area (Å²) in [4.78, 5) is 0. The van der Waals surface area contributed by atoms with E-state index < -0.39 is 0 Å². The van der Waals surface area contributed by atoms with Crippen LogP contribution in [0.15, 0.2) is 24.3 Å². The number of hydrogen-bond donors (Lipinski definition) is 0. The van der Waals surface area contributed by atoms with Gasteiger partial charge in [-0.2, -0.15) is 0 Å². The predicted octanol–water partition coefficient (Wildman–Crippen LogP) is 5.31. The highest BCUT2D eigenvalue weighted by atomic mass is 16.7. The molecule has 2 nitrogen and oxygen atoms in total. The molecule has 1 saturated carbocycles. The first-order chi connectivity index (χ1) is 11.5. The zero-order chi connectivity index (χ0) is 18.5. The maximum Gasteiger partial charge on any atom is 0.494 e. The Morgan fingerprint density at radius 2 is 1.32 bits per heavy atom. The molecule has 3 heteroatoms. The summed E-state index contributed by atoms with van der Waals surface area (Å²) in [5.74, 6) is 1.58. The third-order valence-electron chi connectivity index (χ3n) is 6.89. The van der Waals surface area contributed by atoms with Crippen molar-refractivity contribution in [2.75, 3.05) is 0 Å². The molecular weight excluding hydrogens is 307 g/mol. The van der Waals surface area contributed by atoms with Crippen LogP contribution >= 0.6 is 0 Å². The van der Waals surface area contributed by atoms with Crippen molar-refractivity contribution >= 4 is 12.6 Å². The molecule has 0 N–H and O–H groups in total. The lowest BCUT2D eigenvalue weighted by atomic mass is 9.68. The highest BCUT2D eigenvalue weighted by Gasteiger charge is 2.51. The lowest BCUT2D eigenvalue weighted by Crippen LogP contribution is -2.41. The van der Waals surface area contributed by atoms with Crippen LogP contribution in [-0.2, 0) is 9.31 Å². The van der Waals surface area contributed by atoms with Gasteiger partial charge in [0, 0.05) is 0 Å². The zero-order valence-corrected chi connectivity index (χ0v) is 17.2. The topological polar surface area (TPSA) is 18.5 Å². The van der Waals surface area contributed by atoms with Crippen LogP contribution in [-0.4, -0.2) is 18.3 Å². The fourth-order valence-corrected chi connectivity index (χ4v) is 4.20. The van der Waals surface area contributed by atoms with E-state index in [9.17, 15) is 0 Å². The van der Waals surface area contributed by atoms with Crippen LogP contribution in [0.4, 0.5) is 0 Å². The van der Waals surface area contributed by atoms with E-state index in [1.54, 1.807) is 0 Å². The van der Waals surface area contributed by atoms with Crippen LogP contribution in [0, 0.1) is 11.3 Å². The SMILES string of the molecule is CC(C)(C)C1CCC(c2ccc(B3OC(C)(C)C(C)(C)O3)cc2)CC1. The van der Waals surface area contributed by atoms with E-state index in [2.05, 4.69) is 72.7 Å². The van der Waals surface area contributed by atoms with Gasteiger partial charge in [0.15, 0.2) is 0 Å². The number of benzene rings is 1. The molecule has 0 atom stereocenters. The lowest BCUT2D eigenvalue weighted by molar-refractivity contribution is 0.00578. The second-order valence-corrected chi connectivity index (χ2v) is 10.2. The fourth-order valence-electron chi connectivity index (χ4n) is 4.20. The van der Waals surface area contributed by atoms with E-state index in [0.717, 1.165) is 11.4 Å². The Kier molecular flexibility index (Phi) is 4.88. The van der Waals surface area contributed by atoms with Gasteiger partial charge in [0.25, 0.3) is 0 Å². The monoisotopic (exact) mass is 342 g/mol. The first-order valence-corrected chi connectivity index (χ1v) is 9.95. The molecule has 1 aliphatic heterocycles. The molecule has 1 heterocycles. The standard InChI is InChI=1S/C22H35BO2/c1-20(2,3)18-12-8-16(9-13-18)17-10-14-19(15-11-17)23-24-21(4,5)22(6,7)25-23/h10-11,14-16,18H,8-9,12-13H2,1-7H3. The van der Waals surface area contributed by atoms with Crippen molar-refractivity contribution in [2.24, 2.45) is 11.3 Å². The van der Waals surface area contributed by atoms with Crippen molar-refractivity contribution in [3.8, 4) is 0 Å². The molecule has 2 fully saturated rings. The Bertz CT molecular complexity index is 573. The zero-order valence-electron chi connectivity index (χ0n) is 17.2. The summed E-state index contributed by atoms with van der Waals surface area (Å²) in [6, 6.07) is 8.99. The second-order valence-electron chi connectivity index (χ2n) is 10.2. The lowest BCUT2D eigenvalue weighted by Gasteiger charge is -2.37. The Morgan fingerprint density at radius 1 is 0.840 bits per heavy atom. The molecular formula is C22H35BO2. The molecule has 0 spiro atoms. The third kappa shape index (κ3) is 3.83. The van der Waals surface area contributed by atoms with Crippen LogP contribution in [0.25, 0.3) is 0 Å². The van der Waals surface area contributed by atoms with E-state index >= 15 is 0 Å². The summed E-state index contributed by atoms with van der Waals surface area (Å²) >= 11 is 0. The molecule has 2 aliphatic rings. The average molecular weight is 342 g/mol. The molecule has 1 saturated heterocycles. The quantitative estimate of drug-likeness (QED) is 0.679. The van der Waals surface area contributed by atoms with Gasteiger partial charge in [0.05, 0.1) is 11.2 Å². The van der Waals surface area contributed by atoms with Gasteiger partial charge in [-0.15, -0.1) is 0 Å². The molecule has 0 aromatic heterocycles. The van der Waals surface area contributed by atoms with Gasteiger partial charge in [0.2, 0.25) is 0 Å². The maximum absolute atomic E-state index is 6.16. The first kappa shape index (κ1) is 19.0. The van der Waals surface area contributed by atoms with E-state index in [1.165, 1.54) is 31.2 Å². The van der Waals surface area contributed by atoms with E-state index in [-0.39, 0.29) is 18.3 Å². The largest absolute Gasteiger partial charge is 0.494 e. The van der Waals surface area contributed by atoms with Gasteiger partial charge in [-0.3, -0.25) is 0 Å². The van der Waals surface area contributed by atoms with Gasteiger partial charge >= 0.3 is 7.12 Å². The Labute approximate surface area is 154 Å². The molecule has 0 bridgehead atoms. The van der Waals surface area contributed by atoms with Crippen molar-refractivity contribution in [2.45, 2.75) is 91.3 Å². The summed E-state index contributed by atoms with van der Waals surface area (Å²) in [7, 11) is -0.254. The highest BCUT2D eigenvalue weighted by molar-refractivity contribution is 6.62. The van der Waals surface area contributed by atoms with Crippen LogP contribution < -0.4 is 5.46 Å². The van der Waals surface area contributed by atoms with Crippen molar-refractivity contribution in [1.82, 2.24) is 0 Å². The molecule has 3 rings (SSSR count). The van der Waals surface area contributed by atoms with Crippen molar-refractivity contribution in [3.05, 3.63) is 29.8 Å². The smallest absolute Gasteiger partial charge is 0.399 e. The minimum absolute atomic E-state index is 0.254. The molecule has 1 aliphatic carbocycles.